The second-order valence-corrected chi connectivity index (χ2v) is 3.87. The third-order valence-corrected chi connectivity index (χ3v) is 2.26. The van der Waals surface area contributed by atoms with Gasteiger partial charge < -0.3 is 10.2 Å². The quantitative estimate of drug-likeness (QED) is 0.803. The summed E-state index contributed by atoms with van der Waals surface area (Å²) in [5.41, 5.74) is 2.59. The maximum absolute atomic E-state index is 4.32. The molecule has 96 valence electrons. The number of nitrogens with zero attached hydrogens (tertiary/aromatic N) is 4. The molecule has 5 heteroatoms. The van der Waals surface area contributed by atoms with E-state index in [2.05, 4.69) is 26.9 Å². The van der Waals surface area contributed by atoms with Crippen LogP contribution in [0.2, 0.25) is 0 Å². The van der Waals surface area contributed by atoms with Crippen molar-refractivity contribution in [3.05, 3.63) is 30.4 Å². The fraction of sp³-hybridized carbons (Fsp3) is 0.308. The molecule has 0 fully saturated rings. The molecule has 0 aromatic carbocycles. The number of allylic oxidation sites excluding steroid dienone is 1. The van der Waals surface area contributed by atoms with E-state index in [1.807, 2.05) is 32.2 Å². The summed E-state index contributed by atoms with van der Waals surface area (Å²) < 4.78 is 0. The molecule has 1 N–H and O–H groups in total. The molecule has 1 aromatic heterocycles. The van der Waals surface area contributed by atoms with Crippen LogP contribution in [-0.2, 0) is 0 Å². The van der Waals surface area contributed by atoms with E-state index >= 15 is 0 Å². The molecule has 0 spiro atoms. The topological polar surface area (TPSA) is 53.4 Å². The second-order valence-electron chi connectivity index (χ2n) is 3.87. The summed E-state index contributed by atoms with van der Waals surface area (Å²) >= 11 is 0. The van der Waals surface area contributed by atoms with Crippen LogP contribution in [0.25, 0.3) is 11.6 Å². The van der Waals surface area contributed by atoms with Gasteiger partial charge in [-0.25, -0.2) is 9.97 Å². The Morgan fingerprint density at radius 3 is 2.67 bits per heavy atom. The third-order valence-electron chi connectivity index (χ3n) is 2.26. The second kappa shape index (κ2) is 6.54. The van der Waals surface area contributed by atoms with Crippen molar-refractivity contribution >= 4 is 23.7 Å². The summed E-state index contributed by atoms with van der Waals surface area (Å²) in [6.45, 7) is 3.82. The van der Waals surface area contributed by atoms with Gasteiger partial charge in [-0.1, -0.05) is 12.7 Å². The van der Waals surface area contributed by atoms with Crippen molar-refractivity contribution in [2.45, 2.75) is 0 Å². The van der Waals surface area contributed by atoms with Crippen LogP contribution >= 0.6 is 0 Å². The Morgan fingerprint density at radius 2 is 2.17 bits per heavy atom. The lowest BCUT2D eigenvalue weighted by Gasteiger charge is -2.12. The molecule has 0 unspecified atom stereocenters. The van der Waals surface area contributed by atoms with Crippen molar-refractivity contribution in [1.82, 2.24) is 14.9 Å². The number of aromatic nitrogens is 2. The lowest BCUT2D eigenvalue weighted by Crippen LogP contribution is -2.07. The first kappa shape index (κ1) is 13.9. The van der Waals surface area contributed by atoms with Gasteiger partial charge in [0.15, 0.2) is 0 Å². The van der Waals surface area contributed by atoms with Crippen molar-refractivity contribution in [2.24, 2.45) is 4.99 Å². The largest absolute Gasteiger partial charge is 0.383 e. The van der Waals surface area contributed by atoms with E-state index in [0.717, 1.165) is 22.6 Å². The first-order chi connectivity index (χ1) is 8.63. The fourth-order valence-electron chi connectivity index (χ4n) is 1.59. The maximum Gasteiger partial charge on any atom is 0.137 e. The third kappa shape index (κ3) is 3.16. The van der Waals surface area contributed by atoms with Gasteiger partial charge in [0.25, 0.3) is 0 Å². The Labute approximate surface area is 108 Å². The van der Waals surface area contributed by atoms with Crippen LogP contribution in [0.1, 0.15) is 11.3 Å². The van der Waals surface area contributed by atoms with Crippen LogP contribution in [0.15, 0.2) is 24.1 Å². The molecule has 18 heavy (non-hydrogen) atoms. The summed E-state index contributed by atoms with van der Waals surface area (Å²) in [6.07, 6.45) is 7.01. The van der Waals surface area contributed by atoms with Crippen LogP contribution in [0.5, 0.6) is 0 Å². The Bertz CT molecular complexity index is 474. The van der Waals surface area contributed by atoms with Crippen molar-refractivity contribution in [3.63, 3.8) is 0 Å². The van der Waals surface area contributed by atoms with Gasteiger partial charge in [0, 0.05) is 51.7 Å². The summed E-state index contributed by atoms with van der Waals surface area (Å²) in [5.74, 6) is 0.754. The van der Waals surface area contributed by atoms with Crippen LogP contribution in [0, 0.1) is 0 Å². The van der Waals surface area contributed by atoms with Crippen LogP contribution in [0.4, 0.5) is 5.82 Å². The number of nitrogens with one attached hydrogen (secondary N) is 1. The van der Waals surface area contributed by atoms with Crippen LogP contribution in [0.3, 0.4) is 0 Å². The zero-order chi connectivity index (χ0) is 13.5. The Balaban J connectivity index is 3.41. The molecular weight excluding hydrogens is 226 g/mol. The van der Waals surface area contributed by atoms with Gasteiger partial charge in [-0.3, -0.25) is 4.99 Å². The highest BCUT2D eigenvalue weighted by Gasteiger charge is 2.10. The van der Waals surface area contributed by atoms with Crippen molar-refractivity contribution in [1.29, 1.82) is 0 Å². The number of anilines is 1. The molecule has 0 atom stereocenters. The van der Waals surface area contributed by atoms with E-state index in [9.17, 15) is 0 Å². The summed E-state index contributed by atoms with van der Waals surface area (Å²) in [4.78, 5) is 14.5. The number of aliphatic imine (C=N–C) groups is 1. The minimum atomic E-state index is 0.754. The molecule has 0 aliphatic carbocycles. The predicted octanol–water partition coefficient (Wildman–Crippen LogP) is 1.76. The molecule has 0 saturated heterocycles. The molecule has 0 bridgehead atoms. The molecule has 0 aliphatic rings. The van der Waals surface area contributed by atoms with E-state index in [1.165, 1.54) is 6.33 Å². The number of hydrogen-bond donors (Lipinski definition) is 1. The monoisotopic (exact) mass is 245 g/mol. The fourth-order valence-corrected chi connectivity index (χ4v) is 1.59. The lowest BCUT2D eigenvalue weighted by atomic mass is 10.1. The van der Waals surface area contributed by atoms with Crippen molar-refractivity contribution in [3.8, 4) is 0 Å². The minimum Gasteiger partial charge on any atom is -0.383 e. The Kier molecular flexibility index (Phi) is 5.05. The van der Waals surface area contributed by atoms with Gasteiger partial charge in [0.1, 0.15) is 12.1 Å². The molecule has 5 nitrogen and oxygen atoms in total. The smallest absolute Gasteiger partial charge is 0.137 e. The standard InChI is InChI=1S/C13H19N5/c1-6-11-12(16-9-17-13(11)15-3)10(7-14-2)8-18(4)5/h6-9H,1H2,2-5H3,(H,15,16,17)/b10-8-,14-7?. The Morgan fingerprint density at radius 1 is 1.44 bits per heavy atom. The van der Waals surface area contributed by atoms with E-state index in [0.29, 0.717) is 0 Å². The van der Waals surface area contributed by atoms with Gasteiger partial charge in [0.2, 0.25) is 0 Å². The summed E-state index contributed by atoms with van der Waals surface area (Å²) in [5, 5.41) is 3.03. The van der Waals surface area contributed by atoms with E-state index < -0.39 is 0 Å². The zero-order valence-electron chi connectivity index (χ0n) is 11.3. The SMILES string of the molecule is C=Cc1c(NC)ncnc1/C(C=NC)=C\N(C)C. The lowest BCUT2D eigenvalue weighted by molar-refractivity contribution is 0.566. The van der Waals surface area contributed by atoms with Gasteiger partial charge in [-0.15, -0.1) is 0 Å². The minimum absolute atomic E-state index is 0.754. The van der Waals surface area contributed by atoms with Gasteiger partial charge in [0.05, 0.1) is 5.69 Å². The van der Waals surface area contributed by atoms with E-state index in [1.54, 1.807) is 19.3 Å². The van der Waals surface area contributed by atoms with E-state index in [-0.39, 0.29) is 0 Å². The highest BCUT2D eigenvalue weighted by Crippen LogP contribution is 2.22. The first-order valence-electron chi connectivity index (χ1n) is 5.60. The molecule has 1 rings (SSSR count). The average molecular weight is 245 g/mol. The van der Waals surface area contributed by atoms with Crippen LogP contribution in [-0.4, -0.2) is 49.3 Å². The molecule has 0 saturated carbocycles. The first-order valence-corrected chi connectivity index (χ1v) is 5.60. The van der Waals surface area contributed by atoms with Gasteiger partial charge >= 0.3 is 0 Å². The molecule has 0 aliphatic heterocycles. The number of hydrogen-bond acceptors (Lipinski definition) is 5. The highest BCUT2D eigenvalue weighted by molar-refractivity contribution is 6.10. The highest BCUT2D eigenvalue weighted by atomic mass is 15.0. The van der Waals surface area contributed by atoms with Crippen molar-refractivity contribution < 1.29 is 0 Å². The molecule has 1 heterocycles. The maximum atomic E-state index is 4.32. The average Bonchev–Trinajstić information content (AvgIpc) is 2.36. The van der Waals surface area contributed by atoms with Crippen molar-refractivity contribution in [2.75, 3.05) is 33.5 Å². The van der Waals surface area contributed by atoms with Gasteiger partial charge in [-0.05, 0) is 0 Å². The molecular formula is C13H19N5. The summed E-state index contributed by atoms with van der Waals surface area (Å²) in [7, 11) is 7.47. The van der Waals surface area contributed by atoms with Gasteiger partial charge in [-0.2, -0.15) is 0 Å². The molecule has 1 aromatic rings. The number of rotatable bonds is 5. The normalized spacial score (nSPS) is 11.7. The van der Waals surface area contributed by atoms with E-state index in [4.69, 9.17) is 0 Å². The molecule has 0 radical (unpaired) electrons. The molecule has 0 amide bonds. The van der Waals surface area contributed by atoms with Crippen LogP contribution < -0.4 is 5.32 Å². The Hall–Kier alpha value is -2.17. The zero-order valence-corrected chi connectivity index (χ0v) is 11.3. The predicted molar refractivity (Wildman–Crippen MR) is 77.7 cm³/mol. The summed E-state index contributed by atoms with van der Waals surface area (Å²) in [6, 6.07) is 0.